The molecular weight excluding hydrogens is 268 g/mol. The number of carbonyl (C=O) groups is 1. The maximum Gasteiger partial charge on any atom is 0.321 e. The third-order valence-electron chi connectivity index (χ3n) is 3.65. The molecule has 1 aromatic carbocycles. The molecular formula is C16H24N2O3. The fourth-order valence-electron chi connectivity index (χ4n) is 2.46. The zero-order valence-electron chi connectivity index (χ0n) is 12.8. The Balaban J connectivity index is 1.90. The highest BCUT2D eigenvalue weighted by atomic mass is 16.5. The molecule has 0 spiro atoms. The number of hydrogen-bond acceptors (Lipinski definition) is 3. The predicted molar refractivity (Wildman–Crippen MR) is 82.8 cm³/mol. The molecule has 1 aromatic rings. The van der Waals surface area contributed by atoms with Crippen molar-refractivity contribution in [2.24, 2.45) is 5.92 Å². The van der Waals surface area contributed by atoms with Gasteiger partial charge < -0.3 is 19.7 Å². The Morgan fingerprint density at radius 3 is 2.81 bits per heavy atom. The highest BCUT2D eigenvalue weighted by Gasteiger charge is 2.19. The summed E-state index contributed by atoms with van der Waals surface area (Å²) in [5.41, 5.74) is 0.711. The fraction of sp³-hybridized carbons (Fsp3) is 0.562. The third-order valence-corrected chi connectivity index (χ3v) is 3.65. The number of urea groups is 1. The molecule has 1 fully saturated rings. The van der Waals surface area contributed by atoms with Crippen LogP contribution in [0.4, 0.5) is 10.5 Å². The summed E-state index contributed by atoms with van der Waals surface area (Å²) in [7, 11) is 1.83. The number of benzene rings is 1. The number of anilines is 1. The van der Waals surface area contributed by atoms with Gasteiger partial charge in [0.05, 0.1) is 12.3 Å². The lowest BCUT2D eigenvalue weighted by Crippen LogP contribution is -2.37. The molecule has 0 aromatic heterocycles. The van der Waals surface area contributed by atoms with Crippen molar-refractivity contribution in [3.8, 4) is 5.75 Å². The van der Waals surface area contributed by atoms with Crippen LogP contribution in [0, 0.1) is 5.92 Å². The monoisotopic (exact) mass is 292 g/mol. The lowest BCUT2D eigenvalue weighted by atomic mass is 10.00. The number of carbonyl (C=O) groups excluding carboxylic acids is 1. The van der Waals surface area contributed by atoms with Crippen LogP contribution in [0.15, 0.2) is 24.3 Å². The molecule has 0 radical (unpaired) electrons. The zero-order chi connectivity index (χ0) is 15.1. The molecule has 2 rings (SSSR count). The van der Waals surface area contributed by atoms with Crippen molar-refractivity contribution in [3.63, 3.8) is 0 Å². The van der Waals surface area contributed by atoms with E-state index in [2.05, 4.69) is 5.32 Å². The summed E-state index contributed by atoms with van der Waals surface area (Å²) in [6, 6.07) is 7.39. The van der Waals surface area contributed by atoms with E-state index in [4.69, 9.17) is 9.47 Å². The van der Waals surface area contributed by atoms with Gasteiger partial charge in [0.1, 0.15) is 5.75 Å². The van der Waals surface area contributed by atoms with E-state index in [1.807, 2.05) is 38.2 Å². The van der Waals surface area contributed by atoms with Crippen molar-refractivity contribution in [2.75, 3.05) is 38.7 Å². The molecule has 116 valence electrons. The van der Waals surface area contributed by atoms with E-state index in [1.165, 1.54) is 0 Å². The lowest BCUT2D eigenvalue weighted by Gasteiger charge is -2.27. The first-order valence-electron chi connectivity index (χ1n) is 7.52. The molecule has 1 aliphatic heterocycles. The number of para-hydroxylation sites is 2. The van der Waals surface area contributed by atoms with Crippen LogP contribution in [0.25, 0.3) is 0 Å². The number of ether oxygens (including phenoxy) is 2. The van der Waals surface area contributed by atoms with E-state index in [0.29, 0.717) is 24.0 Å². The van der Waals surface area contributed by atoms with Crippen LogP contribution >= 0.6 is 0 Å². The van der Waals surface area contributed by atoms with Crippen molar-refractivity contribution in [1.82, 2.24) is 4.90 Å². The minimum absolute atomic E-state index is 0.103. The van der Waals surface area contributed by atoms with Gasteiger partial charge in [-0.1, -0.05) is 12.1 Å². The van der Waals surface area contributed by atoms with E-state index in [-0.39, 0.29) is 6.03 Å². The second kappa shape index (κ2) is 7.88. The molecule has 0 saturated carbocycles. The molecule has 0 atom stereocenters. The summed E-state index contributed by atoms with van der Waals surface area (Å²) < 4.78 is 10.9. The molecule has 0 aliphatic carbocycles. The van der Waals surface area contributed by atoms with E-state index in [1.54, 1.807) is 4.90 Å². The van der Waals surface area contributed by atoms with Gasteiger partial charge in [-0.15, -0.1) is 0 Å². The molecule has 5 nitrogen and oxygen atoms in total. The minimum Gasteiger partial charge on any atom is -0.492 e. The number of amides is 2. The Labute approximate surface area is 126 Å². The highest BCUT2D eigenvalue weighted by molar-refractivity contribution is 5.90. The normalized spacial score (nSPS) is 15.5. The molecule has 0 unspecified atom stereocenters. The maximum absolute atomic E-state index is 12.3. The standard InChI is InChI=1S/C16H24N2O3/c1-3-21-15-7-5-4-6-14(15)17-16(19)18(2)12-13-8-10-20-11-9-13/h4-7,13H,3,8-12H2,1-2H3,(H,17,19). The molecule has 0 bridgehead atoms. The van der Waals surface area contributed by atoms with Crippen LogP contribution in [0.5, 0.6) is 5.75 Å². The van der Waals surface area contributed by atoms with Gasteiger partial charge in [0.15, 0.2) is 0 Å². The van der Waals surface area contributed by atoms with Gasteiger partial charge in [0.2, 0.25) is 0 Å². The average Bonchev–Trinajstić information content (AvgIpc) is 2.50. The second-order valence-electron chi connectivity index (χ2n) is 5.30. The predicted octanol–water partition coefficient (Wildman–Crippen LogP) is 2.98. The summed E-state index contributed by atoms with van der Waals surface area (Å²) in [6.45, 7) is 4.85. The van der Waals surface area contributed by atoms with Gasteiger partial charge in [0.25, 0.3) is 0 Å². The number of nitrogens with one attached hydrogen (secondary N) is 1. The molecule has 2 amide bonds. The molecule has 1 heterocycles. The number of nitrogens with zero attached hydrogens (tertiary/aromatic N) is 1. The third kappa shape index (κ3) is 4.63. The number of hydrogen-bond donors (Lipinski definition) is 1. The Kier molecular flexibility index (Phi) is 5.87. The van der Waals surface area contributed by atoms with E-state index in [0.717, 1.165) is 32.6 Å². The number of rotatable bonds is 5. The molecule has 21 heavy (non-hydrogen) atoms. The summed E-state index contributed by atoms with van der Waals surface area (Å²) in [4.78, 5) is 14.0. The van der Waals surface area contributed by atoms with Crippen LogP contribution in [0.3, 0.4) is 0 Å². The van der Waals surface area contributed by atoms with Gasteiger partial charge in [-0.05, 0) is 37.8 Å². The van der Waals surface area contributed by atoms with Crippen LogP contribution in [0.2, 0.25) is 0 Å². The highest BCUT2D eigenvalue weighted by Crippen LogP contribution is 2.24. The molecule has 1 N–H and O–H groups in total. The molecule has 1 aliphatic rings. The quantitative estimate of drug-likeness (QED) is 0.907. The van der Waals surface area contributed by atoms with Gasteiger partial charge in [-0.25, -0.2) is 4.79 Å². The minimum atomic E-state index is -0.103. The maximum atomic E-state index is 12.3. The van der Waals surface area contributed by atoms with E-state index in [9.17, 15) is 4.79 Å². The van der Waals surface area contributed by atoms with Crippen LogP contribution in [-0.4, -0.2) is 44.3 Å². The van der Waals surface area contributed by atoms with Gasteiger partial charge in [-0.2, -0.15) is 0 Å². The van der Waals surface area contributed by atoms with Gasteiger partial charge in [-0.3, -0.25) is 0 Å². The van der Waals surface area contributed by atoms with Crippen LogP contribution < -0.4 is 10.1 Å². The van der Waals surface area contributed by atoms with Crippen LogP contribution in [0.1, 0.15) is 19.8 Å². The first kappa shape index (κ1) is 15.6. The zero-order valence-corrected chi connectivity index (χ0v) is 12.8. The Morgan fingerprint density at radius 1 is 1.38 bits per heavy atom. The molecule has 1 saturated heterocycles. The Bertz CT molecular complexity index is 459. The summed E-state index contributed by atoms with van der Waals surface area (Å²) in [5.74, 6) is 1.23. The fourth-order valence-corrected chi connectivity index (χ4v) is 2.46. The summed E-state index contributed by atoms with van der Waals surface area (Å²) >= 11 is 0. The first-order chi connectivity index (χ1) is 10.2. The van der Waals surface area contributed by atoms with Crippen molar-refractivity contribution in [1.29, 1.82) is 0 Å². The van der Waals surface area contributed by atoms with Crippen molar-refractivity contribution in [3.05, 3.63) is 24.3 Å². The first-order valence-corrected chi connectivity index (χ1v) is 7.52. The van der Waals surface area contributed by atoms with Gasteiger partial charge >= 0.3 is 6.03 Å². The average molecular weight is 292 g/mol. The van der Waals surface area contributed by atoms with Crippen molar-refractivity contribution >= 4 is 11.7 Å². The van der Waals surface area contributed by atoms with Gasteiger partial charge in [0, 0.05) is 26.8 Å². The molecule has 5 heteroatoms. The SMILES string of the molecule is CCOc1ccccc1NC(=O)N(C)CC1CCOCC1. The van der Waals surface area contributed by atoms with Crippen LogP contribution in [-0.2, 0) is 4.74 Å². The Hall–Kier alpha value is -1.75. The van der Waals surface area contributed by atoms with Crippen molar-refractivity contribution < 1.29 is 14.3 Å². The second-order valence-corrected chi connectivity index (χ2v) is 5.30. The summed E-state index contributed by atoms with van der Waals surface area (Å²) in [5, 5.41) is 2.92. The topological polar surface area (TPSA) is 50.8 Å². The van der Waals surface area contributed by atoms with E-state index >= 15 is 0 Å². The summed E-state index contributed by atoms with van der Waals surface area (Å²) in [6.07, 6.45) is 2.04. The van der Waals surface area contributed by atoms with Crippen molar-refractivity contribution in [2.45, 2.75) is 19.8 Å². The van der Waals surface area contributed by atoms with E-state index < -0.39 is 0 Å². The smallest absolute Gasteiger partial charge is 0.321 e. The Morgan fingerprint density at radius 2 is 2.10 bits per heavy atom. The lowest BCUT2D eigenvalue weighted by molar-refractivity contribution is 0.0592. The largest absolute Gasteiger partial charge is 0.492 e.